The third-order valence-corrected chi connectivity index (χ3v) is 4.62. The predicted molar refractivity (Wildman–Crippen MR) is 97.6 cm³/mol. The number of hydrogen-bond donors (Lipinski definition) is 1. The molecule has 23 heavy (non-hydrogen) atoms. The van der Waals surface area contributed by atoms with E-state index in [2.05, 4.69) is 20.5 Å². The van der Waals surface area contributed by atoms with Crippen molar-refractivity contribution < 1.29 is 0 Å². The molecular weight excluding hydrogens is 351 g/mol. The molecule has 0 saturated carbocycles. The molecule has 0 aliphatic rings. The fourth-order valence-corrected chi connectivity index (χ4v) is 2.86. The molecule has 0 aliphatic heterocycles. The van der Waals surface area contributed by atoms with E-state index < -0.39 is 0 Å². The maximum Gasteiger partial charge on any atom is 0.203 e. The first-order valence-corrected chi connectivity index (χ1v) is 8.38. The Kier molecular flexibility index (Phi) is 4.91. The van der Waals surface area contributed by atoms with Crippen molar-refractivity contribution in [3.05, 3.63) is 63.7 Å². The number of nitrogens with one attached hydrogen (secondary N) is 1. The van der Waals surface area contributed by atoms with Crippen molar-refractivity contribution in [3.8, 4) is 11.3 Å². The quantitative estimate of drug-likeness (QED) is 0.502. The zero-order valence-corrected chi connectivity index (χ0v) is 14.5. The van der Waals surface area contributed by atoms with E-state index in [1.807, 2.05) is 30.5 Å². The summed E-state index contributed by atoms with van der Waals surface area (Å²) in [5, 5.41) is 8.04. The summed E-state index contributed by atoms with van der Waals surface area (Å²) < 4.78 is 0. The van der Waals surface area contributed by atoms with Crippen LogP contribution in [0.5, 0.6) is 0 Å². The third-order valence-electron chi connectivity index (χ3n) is 3.14. The van der Waals surface area contributed by atoms with Gasteiger partial charge in [0.1, 0.15) is 0 Å². The van der Waals surface area contributed by atoms with Gasteiger partial charge in [0, 0.05) is 28.9 Å². The third kappa shape index (κ3) is 3.88. The van der Waals surface area contributed by atoms with Gasteiger partial charge in [-0.05, 0) is 31.2 Å². The Balaban J connectivity index is 1.76. The molecule has 1 aromatic carbocycles. The van der Waals surface area contributed by atoms with E-state index in [0.29, 0.717) is 15.2 Å². The van der Waals surface area contributed by atoms with E-state index in [1.165, 1.54) is 11.3 Å². The molecule has 0 saturated heterocycles. The topological polar surface area (TPSA) is 50.2 Å². The SMILES string of the molecule is C/C(=N/Nc1nc(-c2ccc(Cl)c(Cl)c2)cs1)c1ccncc1. The van der Waals surface area contributed by atoms with Gasteiger partial charge in [-0.3, -0.25) is 10.4 Å². The zero-order valence-electron chi connectivity index (χ0n) is 12.1. The summed E-state index contributed by atoms with van der Waals surface area (Å²) in [6, 6.07) is 9.26. The Bertz CT molecular complexity index is 846. The summed E-state index contributed by atoms with van der Waals surface area (Å²) in [5.41, 5.74) is 6.58. The Morgan fingerprint density at radius 1 is 1.13 bits per heavy atom. The van der Waals surface area contributed by atoms with Crippen molar-refractivity contribution in [2.45, 2.75) is 6.92 Å². The van der Waals surface area contributed by atoms with Gasteiger partial charge >= 0.3 is 0 Å². The second-order valence-electron chi connectivity index (χ2n) is 4.71. The number of anilines is 1. The molecular formula is C16H12Cl2N4S. The van der Waals surface area contributed by atoms with E-state index in [1.54, 1.807) is 24.5 Å². The molecule has 4 nitrogen and oxygen atoms in total. The highest BCUT2D eigenvalue weighted by Crippen LogP contribution is 2.30. The summed E-state index contributed by atoms with van der Waals surface area (Å²) in [4.78, 5) is 8.49. The van der Waals surface area contributed by atoms with Gasteiger partial charge in [-0.1, -0.05) is 29.3 Å². The van der Waals surface area contributed by atoms with Crippen molar-refractivity contribution in [2.75, 3.05) is 5.43 Å². The predicted octanol–water partition coefficient (Wildman–Crippen LogP) is 5.35. The highest BCUT2D eigenvalue weighted by molar-refractivity contribution is 7.14. The number of pyridine rings is 1. The number of aromatic nitrogens is 2. The van der Waals surface area contributed by atoms with Crippen molar-refractivity contribution in [2.24, 2.45) is 5.10 Å². The van der Waals surface area contributed by atoms with Crippen LogP contribution in [0.4, 0.5) is 5.13 Å². The lowest BCUT2D eigenvalue weighted by Crippen LogP contribution is -1.99. The van der Waals surface area contributed by atoms with E-state index in [0.717, 1.165) is 22.5 Å². The van der Waals surface area contributed by atoms with Gasteiger partial charge in [0.25, 0.3) is 0 Å². The number of hydrogen-bond acceptors (Lipinski definition) is 5. The number of thiazole rings is 1. The molecule has 0 aliphatic carbocycles. The van der Waals surface area contributed by atoms with Crippen LogP contribution >= 0.6 is 34.5 Å². The van der Waals surface area contributed by atoms with E-state index >= 15 is 0 Å². The number of rotatable bonds is 4. The lowest BCUT2D eigenvalue weighted by atomic mass is 10.2. The smallest absolute Gasteiger partial charge is 0.203 e. The Hall–Kier alpha value is -1.95. The van der Waals surface area contributed by atoms with Gasteiger partial charge in [0.05, 0.1) is 21.5 Å². The summed E-state index contributed by atoms with van der Waals surface area (Å²) in [6.07, 6.45) is 3.47. The highest BCUT2D eigenvalue weighted by Gasteiger charge is 2.07. The Labute approximate surface area is 147 Å². The van der Waals surface area contributed by atoms with Crippen LogP contribution in [0.25, 0.3) is 11.3 Å². The maximum absolute atomic E-state index is 6.04. The molecule has 0 atom stereocenters. The van der Waals surface area contributed by atoms with Gasteiger partial charge in [0.15, 0.2) is 0 Å². The molecule has 2 aromatic heterocycles. The van der Waals surface area contributed by atoms with Crippen LogP contribution in [0.1, 0.15) is 12.5 Å². The lowest BCUT2D eigenvalue weighted by Gasteiger charge is -2.01. The molecule has 0 fully saturated rings. The average molecular weight is 363 g/mol. The summed E-state index contributed by atoms with van der Waals surface area (Å²) in [6.45, 7) is 1.93. The van der Waals surface area contributed by atoms with Crippen molar-refractivity contribution >= 4 is 45.4 Å². The van der Waals surface area contributed by atoms with Crippen molar-refractivity contribution in [1.82, 2.24) is 9.97 Å². The molecule has 7 heteroatoms. The second kappa shape index (κ2) is 7.08. The first-order valence-electron chi connectivity index (χ1n) is 6.75. The largest absolute Gasteiger partial charge is 0.265 e. The van der Waals surface area contributed by atoms with E-state index in [9.17, 15) is 0 Å². The van der Waals surface area contributed by atoms with Gasteiger partial charge in [-0.15, -0.1) is 11.3 Å². The number of hydrazone groups is 1. The fourth-order valence-electron chi connectivity index (χ4n) is 1.90. The van der Waals surface area contributed by atoms with Crippen LogP contribution in [0.15, 0.2) is 53.2 Å². The van der Waals surface area contributed by atoms with Crippen LogP contribution in [-0.2, 0) is 0 Å². The molecule has 116 valence electrons. The van der Waals surface area contributed by atoms with Gasteiger partial charge in [-0.25, -0.2) is 4.98 Å². The average Bonchev–Trinajstić information content (AvgIpc) is 3.05. The minimum atomic E-state index is 0.512. The van der Waals surface area contributed by atoms with Gasteiger partial charge < -0.3 is 0 Å². The highest BCUT2D eigenvalue weighted by atomic mass is 35.5. The Morgan fingerprint density at radius 3 is 2.65 bits per heavy atom. The number of halogens is 2. The van der Waals surface area contributed by atoms with E-state index in [4.69, 9.17) is 23.2 Å². The normalized spacial score (nSPS) is 11.5. The van der Waals surface area contributed by atoms with Gasteiger partial charge in [0.2, 0.25) is 5.13 Å². The van der Waals surface area contributed by atoms with Crippen molar-refractivity contribution in [1.29, 1.82) is 0 Å². The van der Waals surface area contributed by atoms with E-state index in [-0.39, 0.29) is 0 Å². The monoisotopic (exact) mass is 362 g/mol. The lowest BCUT2D eigenvalue weighted by molar-refractivity contribution is 1.26. The van der Waals surface area contributed by atoms with Crippen LogP contribution < -0.4 is 5.43 Å². The zero-order chi connectivity index (χ0) is 16.2. The number of nitrogens with zero attached hydrogens (tertiary/aromatic N) is 3. The number of benzene rings is 1. The standard InChI is InChI=1S/C16H12Cl2N4S/c1-10(11-4-6-19-7-5-11)21-22-16-20-15(9-23-16)12-2-3-13(17)14(18)8-12/h2-9H,1H3,(H,20,22)/b21-10-. The van der Waals surface area contributed by atoms with Crippen LogP contribution in [0.2, 0.25) is 10.0 Å². The minimum absolute atomic E-state index is 0.512. The fraction of sp³-hybridized carbons (Fsp3) is 0.0625. The minimum Gasteiger partial charge on any atom is -0.265 e. The first-order chi connectivity index (χ1) is 11.1. The molecule has 3 aromatic rings. The van der Waals surface area contributed by atoms with Gasteiger partial charge in [-0.2, -0.15) is 5.10 Å². The second-order valence-corrected chi connectivity index (χ2v) is 6.38. The molecule has 2 heterocycles. The van der Waals surface area contributed by atoms with Crippen LogP contribution in [-0.4, -0.2) is 15.7 Å². The summed E-state index contributed by atoms with van der Waals surface area (Å²) in [7, 11) is 0. The van der Waals surface area contributed by atoms with Crippen molar-refractivity contribution in [3.63, 3.8) is 0 Å². The van der Waals surface area contributed by atoms with Crippen LogP contribution in [0.3, 0.4) is 0 Å². The maximum atomic E-state index is 6.04. The Morgan fingerprint density at radius 2 is 1.91 bits per heavy atom. The summed E-state index contributed by atoms with van der Waals surface area (Å²) in [5.74, 6) is 0. The first kappa shape index (κ1) is 15.9. The van der Waals surface area contributed by atoms with Crippen LogP contribution in [0, 0.1) is 0 Å². The summed E-state index contributed by atoms with van der Waals surface area (Å²) >= 11 is 13.4. The molecule has 0 unspecified atom stereocenters. The molecule has 3 rings (SSSR count). The molecule has 0 spiro atoms. The molecule has 0 radical (unpaired) electrons. The molecule has 1 N–H and O–H groups in total. The molecule has 0 amide bonds. The molecule has 0 bridgehead atoms.